The topological polar surface area (TPSA) is 101 Å². The zero-order valence-electron chi connectivity index (χ0n) is 24.7. The number of hydrogen-bond acceptors (Lipinski definition) is 7. The third kappa shape index (κ3) is 7.78. The van der Waals surface area contributed by atoms with Crippen LogP contribution in [0.5, 0.6) is 11.5 Å². The quantitative estimate of drug-likeness (QED) is 0.399. The van der Waals surface area contributed by atoms with Crippen LogP contribution in [0.4, 0.5) is 13.2 Å². The smallest absolute Gasteiger partial charge is 0.379 e. The number of hydroxylamine groups is 1. The van der Waals surface area contributed by atoms with E-state index >= 15 is 0 Å². The van der Waals surface area contributed by atoms with Crippen LogP contribution in [0.15, 0.2) is 41.4 Å². The van der Waals surface area contributed by atoms with Crippen molar-refractivity contribution in [2.75, 3.05) is 20.3 Å². The number of aryl methyl sites for hydroxylation is 1. The first-order chi connectivity index (χ1) is 20.8. The van der Waals surface area contributed by atoms with Gasteiger partial charge in [-0.2, -0.15) is 13.2 Å². The lowest BCUT2D eigenvalue weighted by Gasteiger charge is -2.39. The molecule has 2 amide bonds. The summed E-state index contributed by atoms with van der Waals surface area (Å²) in [4.78, 5) is 38.7. The molecule has 6 bridgehead atoms. The van der Waals surface area contributed by atoms with E-state index in [1.807, 2.05) is 32.0 Å². The number of alkyl halides is 3. The lowest BCUT2D eigenvalue weighted by Crippen LogP contribution is -2.51. The van der Waals surface area contributed by atoms with Crippen molar-refractivity contribution in [1.82, 2.24) is 15.7 Å². The highest BCUT2D eigenvalue weighted by Crippen LogP contribution is 2.39. The number of aliphatic imine (C=N–C) groups is 1. The Morgan fingerprint density at radius 3 is 2.42 bits per heavy atom. The van der Waals surface area contributed by atoms with Crippen LogP contribution in [-0.4, -0.2) is 55.7 Å². The molecule has 5 heterocycles. The molecule has 2 N–H and O–H groups in total. The first-order valence-corrected chi connectivity index (χ1v) is 14.8. The molecule has 2 aromatic rings. The van der Waals surface area contributed by atoms with E-state index in [1.54, 1.807) is 11.0 Å². The van der Waals surface area contributed by atoms with Gasteiger partial charge in [-0.15, -0.1) is 0 Å². The number of rotatable bonds is 1. The highest BCUT2D eigenvalue weighted by molar-refractivity contribution is 6.00. The second-order valence-electron chi connectivity index (χ2n) is 10.3. The molecule has 0 aliphatic carbocycles. The molecule has 0 spiro atoms. The van der Waals surface area contributed by atoms with Crippen molar-refractivity contribution in [2.45, 2.75) is 83.6 Å². The second-order valence-corrected chi connectivity index (χ2v) is 10.3. The van der Waals surface area contributed by atoms with Crippen LogP contribution < -0.4 is 20.3 Å². The zero-order chi connectivity index (χ0) is 30.9. The van der Waals surface area contributed by atoms with E-state index in [0.717, 1.165) is 42.6 Å². The fourth-order valence-corrected chi connectivity index (χ4v) is 5.84. The minimum atomic E-state index is -3.67. The van der Waals surface area contributed by atoms with Crippen LogP contribution in [0.1, 0.15) is 91.5 Å². The minimum Gasteiger partial charge on any atom is -0.493 e. The second kappa shape index (κ2) is 15.1. The van der Waals surface area contributed by atoms with Crippen molar-refractivity contribution in [3.05, 3.63) is 58.7 Å². The summed E-state index contributed by atoms with van der Waals surface area (Å²) in [5.41, 5.74) is 6.42. The number of nitrogens with one attached hydrogen (secondary N) is 2. The Morgan fingerprint density at radius 2 is 1.67 bits per heavy atom. The summed E-state index contributed by atoms with van der Waals surface area (Å²) in [7, 11) is 1.52. The SMILES string of the molecule is CC.CONC1=NC2CCCCc3ccc4c(c3)C(CCO4)NC(=O)c3ccc4c(c3)[C@@H](CCO4)N1C(=O)C2.FC(F)F. The molecular weight excluding hydrogens is 565 g/mol. The lowest BCUT2D eigenvalue weighted by molar-refractivity contribution is -0.131. The van der Waals surface area contributed by atoms with Crippen molar-refractivity contribution in [3.8, 4) is 11.5 Å². The summed E-state index contributed by atoms with van der Waals surface area (Å²) >= 11 is 0. The average molecular weight is 605 g/mol. The number of carbonyl (C=O) groups excluding carboxylic acids is 2. The van der Waals surface area contributed by atoms with Gasteiger partial charge in [0, 0.05) is 36.0 Å². The number of guanidine groups is 1. The maximum atomic E-state index is 13.5. The number of nitrogens with zero attached hydrogens (tertiary/aromatic N) is 2. The molecule has 43 heavy (non-hydrogen) atoms. The predicted molar refractivity (Wildman–Crippen MR) is 155 cm³/mol. The van der Waals surface area contributed by atoms with E-state index in [-0.39, 0.29) is 29.9 Å². The van der Waals surface area contributed by atoms with Gasteiger partial charge in [-0.3, -0.25) is 19.3 Å². The van der Waals surface area contributed by atoms with Gasteiger partial charge in [0.2, 0.25) is 11.9 Å². The third-order valence-electron chi connectivity index (χ3n) is 7.67. The molecule has 5 aliphatic rings. The molecule has 12 heteroatoms. The largest absolute Gasteiger partial charge is 0.493 e. The van der Waals surface area contributed by atoms with Crippen molar-refractivity contribution in [1.29, 1.82) is 0 Å². The molecule has 234 valence electrons. The minimum absolute atomic E-state index is 0.00388. The van der Waals surface area contributed by atoms with E-state index in [9.17, 15) is 22.8 Å². The third-order valence-corrected chi connectivity index (χ3v) is 7.67. The molecule has 3 atom stereocenters. The van der Waals surface area contributed by atoms with Crippen LogP contribution >= 0.6 is 0 Å². The molecule has 7 rings (SSSR count). The highest BCUT2D eigenvalue weighted by Gasteiger charge is 2.38. The first kappa shape index (κ1) is 32.1. The normalized spacial score (nSPS) is 22.6. The van der Waals surface area contributed by atoms with Crippen molar-refractivity contribution >= 4 is 17.8 Å². The van der Waals surface area contributed by atoms with Crippen LogP contribution in [0, 0.1) is 0 Å². The highest BCUT2D eigenvalue weighted by atomic mass is 19.4. The molecule has 2 unspecified atom stereocenters. The number of hydrogen-bond donors (Lipinski definition) is 2. The van der Waals surface area contributed by atoms with Gasteiger partial charge < -0.3 is 14.8 Å². The molecular formula is C31H39F3N4O5. The Balaban J connectivity index is 0.000000653. The number of benzene rings is 2. The molecule has 0 saturated carbocycles. The number of fused-ring (bicyclic) bond motifs is 5. The summed E-state index contributed by atoms with van der Waals surface area (Å²) in [5, 5.41) is 3.23. The maximum Gasteiger partial charge on any atom is 0.379 e. The maximum absolute atomic E-state index is 13.5. The van der Waals surface area contributed by atoms with E-state index in [0.29, 0.717) is 49.7 Å². The van der Waals surface area contributed by atoms with E-state index < -0.39 is 6.68 Å². The molecule has 5 aliphatic heterocycles. The van der Waals surface area contributed by atoms with Gasteiger partial charge in [-0.05, 0) is 49.1 Å². The Morgan fingerprint density at radius 1 is 0.977 bits per heavy atom. The first-order valence-electron chi connectivity index (χ1n) is 14.8. The van der Waals surface area contributed by atoms with Crippen LogP contribution in [0.2, 0.25) is 0 Å². The van der Waals surface area contributed by atoms with Gasteiger partial charge in [0.05, 0.1) is 38.4 Å². The molecule has 0 saturated heterocycles. The summed E-state index contributed by atoms with van der Waals surface area (Å²) in [6.07, 6.45) is 5.34. The number of halogens is 3. The van der Waals surface area contributed by atoms with Gasteiger partial charge in [-0.25, -0.2) is 10.5 Å². The molecule has 2 aromatic carbocycles. The Kier molecular flexibility index (Phi) is 11.3. The van der Waals surface area contributed by atoms with Crippen LogP contribution in [0.25, 0.3) is 0 Å². The van der Waals surface area contributed by atoms with Crippen molar-refractivity contribution < 1.29 is 37.1 Å². The van der Waals surface area contributed by atoms with Crippen LogP contribution in [-0.2, 0) is 16.1 Å². The predicted octanol–water partition coefficient (Wildman–Crippen LogP) is 5.80. The van der Waals surface area contributed by atoms with E-state index in [2.05, 4.69) is 22.9 Å². The zero-order valence-corrected chi connectivity index (χ0v) is 24.7. The van der Waals surface area contributed by atoms with Gasteiger partial charge in [0.25, 0.3) is 5.91 Å². The summed E-state index contributed by atoms with van der Waals surface area (Å²) < 4.78 is 40.8. The molecule has 9 nitrogen and oxygen atoms in total. The summed E-state index contributed by atoms with van der Waals surface area (Å²) in [6.45, 7) is 1.36. The van der Waals surface area contributed by atoms with Crippen molar-refractivity contribution in [3.63, 3.8) is 0 Å². The fraction of sp³-hybridized carbons (Fsp3) is 0.516. The fourth-order valence-electron chi connectivity index (χ4n) is 5.84. The van der Waals surface area contributed by atoms with E-state index in [4.69, 9.17) is 19.3 Å². The van der Waals surface area contributed by atoms with Gasteiger partial charge >= 0.3 is 6.68 Å². The Bertz CT molecular complexity index is 1310. The Hall–Kier alpha value is -3.80. The lowest BCUT2D eigenvalue weighted by atomic mass is 9.93. The Labute approximate surface area is 249 Å². The van der Waals surface area contributed by atoms with Crippen LogP contribution in [0.3, 0.4) is 0 Å². The number of amides is 2. The number of carbonyl (C=O) groups is 2. The van der Waals surface area contributed by atoms with Gasteiger partial charge in [0.1, 0.15) is 11.5 Å². The number of ether oxygens (including phenoxy) is 2. The molecule has 0 fully saturated rings. The van der Waals surface area contributed by atoms with Crippen molar-refractivity contribution in [2.24, 2.45) is 4.99 Å². The monoisotopic (exact) mass is 604 g/mol. The van der Waals surface area contributed by atoms with Gasteiger partial charge in [0.15, 0.2) is 0 Å². The molecule has 0 radical (unpaired) electrons. The average Bonchev–Trinajstić information content (AvgIpc) is 2.99. The molecule has 0 aromatic heterocycles. The standard InChI is InChI=1S/C28H32N4O5.C2H6.CHF3/c1-35-31-28-29-19-5-3-2-4-17-6-8-24-20(14-17)22(10-12-36-24)30-27(34)18-7-9-25-21(15-18)23(11-13-37-25)32(28)26(33)16-19;1-2;2-1(3)4/h6-9,14-15,19,22-23H,2-5,10-13,16H2,1H3,(H,29,31)(H,30,34);1-2H3;1H/t19?,22?,23-;;/m1../s1. The summed E-state index contributed by atoms with van der Waals surface area (Å²) in [5.74, 6) is 1.76. The van der Waals surface area contributed by atoms with E-state index in [1.165, 1.54) is 12.7 Å². The summed E-state index contributed by atoms with van der Waals surface area (Å²) in [6, 6.07) is 11.2. The van der Waals surface area contributed by atoms with Gasteiger partial charge in [-0.1, -0.05) is 32.4 Å².